The highest BCUT2D eigenvalue weighted by Crippen LogP contribution is 2.27. The zero-order valence-corrected chi connectivity index (χ0v) is 12.2. The number of amides is 1. The van der Waals surface area contributed by atoms with Crippen LogP contribution in [0.15, 0.2) is 0 Å². The molecule has 0 aromatic rings. The molecule has 0 bridgehead atoms. The Morgan fingerprint density at radius 3 is 2.63 bits per heavy atom. The Morgan fingerprint density at radius 2 is 1.95 bits per heavy atom. The Balaban J connectivity index is 1.65. The summed E-state index contributed by atoms with van der Waals surface area (Å²) < 4.78 is 0. The van der Waals surface area contributed by atoms with Crippen LogP contribution in [0.1, 0.15) is 45.4 Å². The van der Waals surface area contributed by atoms with E-state index in [-0.39, 0.29) is 17.9 Å². The molecule has 19 heavy (non-hydrogen) atoms. The number of carbonyl (C=O) groups is 1. The van der Waals surface area contributed by atoms with Crippen LogP contribution in [0.25, 0.3) is 0 Å². The Morgan fingerprint density at radius 1 is 1.21 bits per heavy atom. The van der Waals surface area contributed by atoms with Crippen LogP contribution in [0.3, 0.4) is 0 Å². The van der Waals surface area contributed by atoms with Crippen molar-refractivity contribution in [2.75, 3.05) is 26.2 Å². The molecule has 2 aliphatic rings. The molecule has 2 rings (SSSR count). The van der Waals surface area contributed by atoms with Gasteiger partial charge in [0.15, 0.2) is 0 Å². The molecule has 0 aromatic heterocycles. The average molecular weight is 267 g/mol. The van der Waals surface area contributed by atoms with E-state index >= 15 is 0 Å². The van der Waals surface area contributed by atoms with Gasteiger partial charge < -0.3 is 16.0 Å². The average Bonchev–Trinajstić information content (AvgIpc) is 2.38. The molecule has 110 valence electrons. The van der Waals surface area contributed by atoms with E-state index in [1.165, 1.54) is 32.4 Å². The molecule has 1 heterocycles. The molecule has 1 aliphatic carbocycles. The third-order valence-corrected chi connectivity index (χ3v) is 4.53. The van der Waals surface area contributed by atoms with Gasteiger partial charge in [-0.25, -0.2) is 0 Å². The first-order valence-electron chi connectivity index (χ1n) is 7.91. The second kappa shape index (κ2) is 7.25. The first kappa shape index (κ1) is 14.8. The molecule has 1 amide bonds. The molecule has 4 nitrogen and oxygen atoms in total. The minimum Gasteiger partial charge on any atom is -0.355 e. The molecule has 3 N–H and O–H groups in total. The summed E-state index contributed by atoms with van der Waals surface area (Å²) in [5.41, 5.74) is 6.01. The molecule has 3 atom stereocenters. The number of likely N-dealkylation sites (tertiary alicyclic amines) is 1. The summed E-state index contributed by atoms with van der Waals surface area (Å²) in [5.74, 6) is 0.945. The molecule has 0 aromatic carbocycles. The maximum atomic E-state index is 12.1. The van der Waals surface area contributed by atoms with Crippen molar-refractivity contribution in [2.45, 2.75) is 51.5 Å². The first-order valence-corrected chi connectivity index (χ1v) is 7.91. The van der Waals surface area contributed by atoms with E-state index in [2.05, 4.69) is 17.1 Å². The molecule has 1 aliphatic heterocycles. The van der Waals surface area contributed by atoms with Gasteiger partial charge in [0.25, 0.3) is 0 Å². The molecular weight excluding hydrogens is 238 g/mol. The Kier molecular flexibility index (Phi) is 5.64. The van der Waals surface area contributed by atoms with E-state index in [0.29, 0.717) is 5.92 Å². The highest BCUT2D eigenvalue weighted by atomic mass is 16.1. The zero-order valence-electron chi connectivity index (χ0n) is 12.2. The summed E-state index contributed by atoms with van der Waals surface area (Å²) in [6.45, 7) is 6.38. The van der Waals surface area contributed by atoms with Crippen LogP contribution < -0.4 is 11.1 Å². The van der Waals surface area contributed by atoms with Crippen molar-refractivity contribution in [1.29, 1.82) is 0 Å². The summed E-state index contributed by atoms with van der Waals surface area (Å²) in [7, 11) is 0. The van der Waals surface area contributed by atoms with Crippen molar-refractivity contribution in [3.63, 3.8) is 0 Å². The van der Waals surface area contributed by atoms with Crippen LogP contribution in [0, 0.1) is 11.8 Å². The largest absolute Gasteiger partial charge is 0.355 e. The van der Waals surface area contributed by atoms with Crippen LogP contribution in [-0.2, 0) is 4.79 Å². The first-order chi connectivity index (χ1) is 9.15. The minimum absolute atomic E-state index is 0.139. The fourth-order valence-electron chi connectivity index (χ4n) is 3.54. The fraction of sp³-hybridized carbons (Fsp3) is 0.933. The number of nitrogens with zero attached hydrogens (tertiary/aromatic N) is 1. The number of carbonyl (C=O) groups excluding carboxylic acids is 1. The van der Waals surface area contributed by atoms with Crippen molar-refractivity contribution in [2.24, 2.45) is 17.6 Å². The predicted molar refractivity (Wildman–Crippen MR) is 77.8 cm³/mol. The fourth-order valence-corrected chi connectivity index (χ4v) is 3.54. The third-order valence-electron chi connectivity index (χ3n) is 4.53. The van der Waals surface area contributed by atoms with Gasteiger partial charge in [-0.05, 0) is 51.1 Å². The summed E-state index contributed by atoms with van der Waals surface area (Å²) in [6, 6.07) is 0.210. The lowest BCUT2D eigenvalue weighted by Crippen LogP contribution is -2.43. The number of piperidine rings is 1. The van der Waals surface area contributed by atoms with E-state index in [0.717, 1.165) is 32.4 Å². The lowest BCUT2D eigenvalue weighted by molar-refractivity contribution is -0.126. The topological polar surface area (TPSA) is 58.4 Å². The minimum atomic E-state index is 0.139. The quantitative estimate of drug-likeness (QED) is 0.808. The van der Waals surface area contributed by atoms with Gasteiger partial charge in [0, 0.05) is 25.0 Å². The van der Waals surface area contributed by atoms with E-state index < -0.39 is 0 Å². The monoisotopic (exact) mass is 267 g/mol. The van der Waals surface area contributed by atoms with Gasteiger partial charge in [0.05, 0.1) is 0 Å². The van der Waals surface area contributed by atoms with Gasteiger partial charge in [-0.15, -0.1) is 0 Å². The second-order valence-corrected chi connectivity index (χ2v) is 6.46. The van der Waals surface area contributed by atoms with Gasteiger partial charge in [-0.3, -0.25) is 4.79 Å². The van der Waals surface area contributed by atoms with E-state index in [4.69, 9.17) is 5.73 Å². The molecule has 3 unspecified atom stereocenters. The number of rotatable bonds is 4. The number of hydrogen-bond acceptors (Lipinski definition) is 3. The second-order valence-electron chi connectivity index (χ2n) is 6.46. The van der Waals surface area contributed by atoms with Crippen LogP contribution in [-0.4, -0.2) is 43.0 Å². The maximum absolute atomic E-state index is 12.1. The molecule has 1 saturated heterocycles. The standard InChI is InChI=1S/C15H29N3O/c1-12-9-13(11-14(16)10-12)15(19)17-5-8-18-6-3-2-4-7-18/h12-14H,2-11,16H2,1H3,(H,17,19). The molecule has 0 radical (unpaired) electrons. The maximum Gasteiger partial charge on any atom is 0.223 e. The third kappa shape index (κ3) is 4.77. The van der Waals surface area contributed by atoms with E-state index in [1.54, 1.807) is 0 Å². The predicted octanol–water partition coefficient (Wildman–Crippen LogP) is 1.35. The van der Waals surface area contributed by atoms with Gasteiger partial charge in [-0.1, -0.05) is 13.3 Å². The van der Waals surface area contributed by atoms with Crippen molar-refractivity contribution in [1.82, 2.24) is 10.2 Å². The van der Waals surface area contributed by atoms with Crippen LogP contribution in [0.4, 0.5) is 0 Å². The van der Waals surface area contributed by atoms with Gasteiger partial charge >= 0.3 is 0 Å². The van der Waals surface area contributed by atoms with Gasteiger partial charge in [-0.2, -0.15) is 0 Å². The SMILES string of the molecule is CC1CC(N)CC(C(=O)NCCN2CCCCC2)C1. The van der Waals surface area contributed by atoms with E-state index in [9.17, 15) is 4.79 Å². The smallest absolute Gasteiger partial charge is 0.223 e. The van der Waals surface area contributed by atoms with Gasteiger partial charge in [0.1, 0.15) is 0 Å². The normalized spacial score (nSPS) is 33.1. The molecule has 1 saturated carbocycles. The highest BCUT2D eigenvalue weighted by Gasteiger charge is 2.29. The van der Waals surface area contributed by atoms with Crippen LogP contribution >= 0.6 is 0 Å². The molecule has 0 spiro atoms. The number of nitrogens with one attached hydrogen (secondary N) is 1. The van der Waals surface area contributed by atoms with Crippen LogP contribution in [0.5, 0.6) is 0 Å². The summed E-state index contributed by atoms with van der Waals surface area (Å²) >= 11 is 0. The lowest BCUT2D eigenvalue weighted by atomic mass is 9.79. The molecule has 4 heteroatoms. The summed E-state index contributed by atoms with van der Waals surface area (Å²) in [6.07, 6.45) is 6.91. The molecular formula is C15H29N3O. The van der Waals surface area contributed by atoms with E-state index in [1.807, 2.05) is 0 Å². The van der Waals surface area contributed by atoms with Crippen molar-refractivity contribution in [3.8, 4) is 0 Å². The highest BCUT2D eigenvalue weighted by molar-refractivity contribution is 5.78. The summed E-state index contributed by atoms with van der Waals surface area (Å²) in [4.78, 5) is 14.6. The molecule has 2 fully saturated rings. The van der Waals surface area contributed by atoms with Crippen molar-refractivity contribution < 1.29 is 4.79 Å². The van der Waals surface area contributed by atoms with Crippen LogP contribution in [0.2, 0.25) is 0 Å². The summed E-state index contributed by atoms with van der Waals surface area (Å²) in [5, 5.41) is 3.10. The Hall–Kier alpha value is -0.610. The van der Waals surface area contributed by atoms with Crippen molar-refractivity contribution in [3.05, 3.63) is 0 Å². The lowest BCUT2D eigenvalue weighted by Gasteiger charge is -2.31. The number of nitrogens with two attached hydrogens (primary N) is 1. The van der Waals surface area contributed by atoms with Crippen molar-refractivity contribution >= 4 is 5.91 Å². The Labute approximate surface area is 117 Å². The number of hydrogen-bond donors (Lipinski definition) is 2. The Bertz CT molecular complexity index is 279. The zero-order chi connectivity index (χ0) is 13.7. The van der Waals surface area contributed by atoms with Gasteiger partial charge in [0.2, 0.25) is 5.91 Å².